The number of likely N-dealkylation sites (tertiary alicyclic amines) is 1. The van der Waals surface area contributed by atoms with Gasteiger partial charge in [-0.25, -0.2) is 0 Å². The van der Waals surface area contributed by atoms with Gasteiger partial charge >= 0.3 is 5.97 Å². The van der Waals surface area contributed by atoms with Crippen molar-refractivity contribution in [2.45, 2.75) is 44.4 Å². The minimum atomic E-state index is -1.29. The second kappa shape index (κ2) is 10.3. The molecule has 0 radical (unpaired) electrons. The van der Waals surface area contributed by atoms with E-state index in [0.29, 0.717) is 19.4 Å². The lowest BCUT2D eigenvalue weighted by Crippen LogP contribution is -2.55. The molecule has 4 aliphatic rings. The molecule has 4 heterocycles. The summed E-state index contributed by atoms with van der Waals surface area (Å²) in [6.45, 7) is 6.60. The van der Waals surface area contributed by atoms with Crippen LogP contribution in [0.4, 0.5) is 11.4 Å². The summed E-state index contributed by atoms with van der Waals surface area (Å²) in [6, 6.07) is 6.90. The molecule has 0 aliphatic carbocycles. The van der Waals surface area contributed by atoms with Crippen LogP contribution in [0, 0.1) is 11.8 Å². The molecule has 0 aromatic heterocycles. The van der Waals surface area contributed by atoms with Gasteiger partial charge in [0.1, 0.15) is 17.6 Å². The summed E-state index contributed by atoms with van der Waals surface area (Å²) in [6.07, 6.45) is 7.64. The highest BCUT2D eigenvalue weighted by molar-refractivity contribution is 6.05. The molecule has 1 unspecified atom stereocenters. The number of fused-ring (bicyclic) bond motifs is 2. The van der Waals surface area contributed by atoms with Crippen molar-refractivity contribution in [3.05, 3.63) is 48.6 Å². The fraction of sp³-hybridized carbons (Fsp3) is 0.536. The largest absolute Gasteiger partial charge is 0.465 e. The zero-order valence-corrected chi connectivity index (χ0v) is 21.4. The van der Waals surface area contributed by atoms with Crippen molar-refractivity contribution >= 4 is 29.2 Å². The lowest BCUT2D eigenvalue weighted by molar-refractivity contribution is -0.154. The minimum absolute atomic E-state index is 0.119. The Labute approximate surface area is 217 Å². The van der Waals surface area contributed by atoms with Crippen LogP contribution in [-0.2, 0) is 23.9 Å². The number of amides is 2. The third-order valence-electron chi connectivity index (χ3n) is 7.97. The third kappa shape index (κ3) is 4.14. The molecule has 198 valence electrons. The summed E-state index contributed by atoms with van der Waals surface area (Å²) in [5, 5.41) is 9.51. The Balaban J connectivity index is 1.54. The first-order valence-electron chi connectivity index (χ1n) is 13.2. The first-order chi connectivity index (χ1) is 18.0. The monoisotopic (exact) mass is 509 g/mol. The van der Waals surface area contributed by atoms with E-state index in [0.717, 1.165) is 24.5 Å². The second-order valence-corrected chi connectivity index (χ2v) is 9.88. The van der Waals surface area contributed by atoms with E-state index in [2.05, 4.69) is 18.7 Å². The van der Waals surface area contributed by atoms with Crippen LogP contribution in [0.2, 0.25) is 0 Å². The smallest absolute Gasteiger partial charge is 0.312 e. The highest BCUT2D eigenvalue weighted by Crippen LogP contribution is 2.53. The Morgan fingerprint density at radius 2 is 1.84 bits per heavy atom. The van der Waals surface area contributed by atoms with Gasteiger partial charge in [-0.3, -0.25) is 14.4 Å². The Bertz CT molecular complexity index is 1100. The molecule has 5 rings (SSSR count). The maximum Gasteiger partial charge on any atom is 0.312 e. The lowest BCUT2D eigenvalue weighted by Gasteiger charge is -2.35. The van der Waals surface area contributed by atoms with Crippen LogP contribution in [0.5, 0.6) is 0 Å². The van der Waals surface area contributed by atoms with E-state index in [1.54, 1.807) is 4.90 Å². The van der Waals surface area contributed by atoms with Gasteiger partial charge in [-0.15, -0.1) is 0 Å². The predicted molar refractivity (Wildman–Crippen MR) is 138 cm³/mol. The predicted octanol–water partition coefficient (Wildman–Crippen LogP) is 1.90. The molecular weight excluding hydrogens is 474 g/mol. The van der Waals surface area contributed by atoms with Gasteiger partial charge in [0.2, 0.25) is 5.91 Å². The average molecular weight is 510 g/mol. The lowest BCUT2D eigenvalue weighted by atomic mass is 9.77. The quantitative estimate of drug-likeness (QED) is 0.443. The molecule has 37 heavy (non-hydrogen) atoms. The van der Waals surface area contributed by atoms with Gasteiger partial charge in [0.05, 0.1) is 18.6 Å². The van der Waals surface area contributed by atoms with Crippen molar-refractivity contribution in [2.75, 3.05) is 49.2 Å². The number of cyclic esters (lactones) is 1. The average Bonchev–Trinajstić information content (AvgIpc) is 3.27. The first kappa shape index (κ1) is 25.5. The zero-order chi connectivity index (χ0) is 26.2. The normalized spacial score (nSPS) is 30.8. The molecular formula is C28H35N3O6. The standard InChI is InChI=1S/C28H35N3O6/c1-3-29(4-2)19-10-12-20(13-11-19)30-15-7-14-28-23(22-21(37-28)9-5-6-18-36-27(22)35)25(33)31(16-8-17-32)24(28)26(30)34/h5,7,9-14,21-24,32H,3-4,6,8,15-18H2,1-2H3/t21-,22+,23+,24?,28+/m1/s1. The third-order valence-corrected chi connectivity index (χ3v) is 7.97. The van der Waals surface area contributed by atoms with E-state index in [9.17, 15) is 19.5 Å². The van der Waals surface area contributed by atoms with E-state index in [4.69, 9.17) is 9.47 Å². The van der Waals surface area contributed by atoms with Crippen molar-refractivity contribution in [2.24, 2.45) is 11.8 Å². The summed E-state index contributed by atoms with van der Waals surface area (Å²) in [5.41, 5.74) is 0.510. The Morgan fingerprint density at radius 3 is 2.54 bits per heavy atom. The number of esters is 1. The molecule has 2 saturated heterocycles. The number of carbonyl (C=O) groups is 3. The molecule has 2 amide bonds. The van der Waals surface area contributed by atoms with Crippen LogP contribution in [0.1, 0.15) is 26.7 Å². The Kier molecular flexibility index (Phi) is 7.09. The number of aliphatic hydroxyl groups excluding tert-OH is 1. The van der Waals surface area contributed by atoms with Crippen LogP contribution in [-0.4, -0.2) is 84.9 Å². The molecule has 0 saturated carbocycles. The highest BCUT2D eigenvalue weighted by atomic mass is 16.6. The van der Waals surface area contributed by atoms with E-state index < -0.39 is 35.6 Å². The Hall–Kier alpha value is -3.17. The summed E-state index contributed by atoms with van der Waals surface area (Å²) in [5.74, 6) is -2.75. The summed E-state index contributed by atoms with van der Waals surface area (Å²) >= 11 is 0. The molecule has 1 aromatic rings. The molecule has 1 N–H and O–H groups in total. The van der Waals surface area contributed by atoms with Gasteiger partial charge in [-0.1, -0.05) is 24.3 Å². The fourth-order valence-corrected chi connectivity index (χ4v) is 6.25. The fourth-order valence-electron chi connectivity index (χ4n) is 6.25. The number of rotatable bonds is 7. The first-order valence-corrected chi connectivity index (χ1v) is 13.2. The number of aliphatic hydroxyl groups is 1. The summed E-state index contributed by atoms with van der Waals surface area (Å²) < 4.78 is 12.0. The van der Waals surface area contributed by atoms with Crippen LogP contribution < -0.4 is 9.80 Å². The maximum absolute atomic E-state index is 14.2. The van der Waals surface area contributed by atoms with Crippen LogP contribution in [0.3, 0.4) is 0 Å². The number of anilines is 2. The van der Waals surface area contributed by atoms with Crippen LogP contribution >= 0.6 is 0 Å². The number of carbonyl (C=O) groups excluding carboxylic acids is 3. The van der Waals surface area contributed by atoms with Crippen molar-refractivity contribution < 1.29 is 29.0 Å². The molecule has 0 bridgehead atoms. The van der Waals surface area contributed by atoms with E-state index in [1.165, 1.54) is 4.90 Å². The number of hydrogen-bond donors (Lipinski definition) is 1. The molecule has 4 aliphatic heterocycles. The highest BCUT2D eigenvalue weighted by Gasteiger charge is 2.71. The maximum atomic E-state index is 14.2. The van der Waals surface area contributed by atoms with Crippen LogP contribution in [0.25, 0.3) is 0 Å². The van der Waals surface area contributed by atoms with Crippen molar-refractivity contribution in [1.82, 2.24) is 4.90 Å². The van der Waals surface area contributed by atoms with E-state index in [1.807, 2.05) is 48.6 Å². The SMILES string of the molecule is CCN(CC)c1ccc(N2CC=C[C@]34O[C@@H]5C=CCCOC(=O)[C@@H]5[C@H]3C(=O)N(CCCO)C4C2=O)cc1. The van der Waals surface area contributed by atoms with Crippen LogP contribution in [0.15, 0.2) is 48.6 Å². The second-order valence-electron chi connectivity index (χ2n) is 9.88. The molecule has 1 aromatic carbocycles. The van der Waals surface area contributed by atoms with Gasteiger partial charge in [-0.2, -0.15) is 0 Å². The topological polar surface area (TPSA) is 99.6 Å². The molecule has 9 nitrogen and oxygen atoms in total. The zero-order valence-electron chi connectivity index (χ0n) is 21.4. The van der Waals surface area contributed by atoms with Gasteiger partial charge in [0, 0.05) is 44.2 Å². The molecule has 2 fully saturated rings. The summed E-state index contributed by atoms with van der Waals surface area (Å²) in [4.78, 5) is 46.6. The molecule has 1 spiro atoms. The van der Waals surface area contributed by atoms with Crippen molar-refractivity contribution in [1.29, 1.82) is 0 Å². The van der Waals surface area contributed by atoms with Gasteiger partial charge < -0.3 is 29.3 Å². The van der Waals surface area contributed by atoms with E-state index >= 15 is 0 Å². The minimum Gasteiger partial charge on any atom is -0.465 e. The number of benzene rings is 1. The van der Waals surface area contributed by atoms with Gasteiger partial charge in [-0.05, 0) is 51.0 Å². The number of ether oxygens (including phenoxy) is 2. The van der Waals surface area contributed by atoms with Crippen molar-refractivity contribution in [3.63, 3.8) is 0 Å². The van der Waals surface area contributed by atoms with E-state index in [-0.39, 0.29) is 31.6 Å². The summed E-state index contributed by atoms with van der Waals surface area (Å²) in [7, 11) is 0. The van der Waals surface area contributed by atoms with Crippen molar-refractivity contribution in [3.8, 4) is 0 Å². The number of nitrogens with zero attached hydrogens (tertiary/aromatic N) is 3. The molecule has 5 atom stereocenters. The Morgan fingerprint density at radius 1 is 1.08 bits per heavy atom. The van der Waals surface area contributed by atoms with Gasteiger partial charge in [0.25, 0.3) is 5.91 Å². The van der Waals surface area contributed by atoms with Gasteiger partial charge in [0.15, 0.2) is 0 Å². The molecule has 9 heteroatoms. The number of hydrogen-bond acceptors (Lipinski definition) is 7.